The van der Waals surface area contributed by atoms with Gasteiger partial charge in [0.2, 0.25) is 10.0 Å². The van der Waals surface area contributed by atoms with Gasteiger partial charge in [-0.3, -0.25) is 19.8 Å². The number of hydrogen-bond acceptors (Lipinski definition) is 9. The molecule has 1 fully saturated rings. The number of nitrogens with one attached hydrogen (secondary N) is 1. The van der Waals surface area contributed by atoms with E-state index in [4.69, 9.17) is 14.6 Å². The highest BCUT2D eigenvalue weighted by molar-refractivity contribution is 7.89. The van der Waals surface area contributed by atoms with Gasteiger partial charge in [0.1, 0.15) is 5.69 Å². The molecule has 2 rings (SSSR count). The summed E-state index contributed by atoms with van der Waals surface area (Å²) in [7, 11) is -2.82. The lowest BCUT2D eigenvalue weighted by molar-refractivity contribution is -0.384. The largest absolute Gasteiger partial charge is 0.469 e. The normalized spacial score (nSPS) is 16.5. The van der Waals surface area contributed by atoms with Crippen molar-refractivity contribution in [2.45, 2.75) is 17.4 Å². The monoisotopic (exact) mass is 402 g/mol. The lowest BCUT2D eigenvalue weighted by Gasteiger charge is -2.30. The molecule has 11 nitrogen and oxygen atoms in total. The maximum atomic E-state index is 11.7. The highest BCUT2D eigenvalue weighted by atomic mass is 32.2. The Morgan fingerprint density at radius 2 is 2.11 bits per heavy atom. The van der Waals surface area contributed by atoms with E-state index in [9.17, 15) is 23.3 Å². The van der Waals surface area contributed by atoms with Crippen LogP contribution in [-0.4, -0.2) is 70.2 Å². The fourth-order valence-electron chi connectivity index (χ4n) is 2.72. The van der Waals surface area contributed by atoms with Crippen LogP contribution in [0.2, 0.25) is 0 Å². The van der Waals surface area contributed by atoms with E-state index < -0.39 is 32.6 Å². The summed E-state index contributed by atoms with van der Waals surface area (Å²) >= 11 is 0. The first kappa shape index (κ1) is 21.0. The maximum Gasteiger partial charge on any atom is 0.307 e. The first-order valence-electron chi connectivity index (χ1n) is 8.15. The average molecular weight is 402 g/mol. The average Bonchev–Trinajstić information content (AvgIpc) is 2.61. The van der Waals surface area contributed by atoms with E-state index in [-0.39, 0.29) is 17.0 Å². The lowest BCUT2D eigenvalue weighted by atomic mass is 10.1. The molecule has 1 heterocycles. The van der Waals surface area contributed by atoms with E-state index in [1.165, 1.54) is 19.2 Å². The number of esters is 1. The highest BCUT2D eigenvalue weighted by Crippen LogP contribution is 2.28. The van der Waals surface area contributed by atoms with Gasteiger partial charge in [-0.05, 0) is 12.1 Å². The number of ether oxygens (including phenoxy) is 2. The van der Waals surface area contributed by atoms with Crippen LogP contribution >= 0.6 is 0 Å². The van der Waals surface area contributed by atoms with Gasteiger partial charge in [-0.1, -0.05) is 0 Å². The second-order valence-corrected chi connectivity index (χ2v) is 7.58. The molecule has 0 amide bonds. The minimum absolute atomic E-state index is 0.0120. The second kappa shape index (κ2) is 9.08. The molecule has 150 valence electrons. The van der Waals surface area contributed by atoms with Crippen LogP contribution in [0, 0.1) is 10.1 Å². The topological polar surface area (TPSA) is 154 Å². The summed E-state index contributed by atoms with van der Waals surface area (Å²) in [4.78, 5) is 24.1. The van der Waals surface area contributed by atoms with Gasteiger partial charge < -0.3 is 14.8 Å². The zero-order valence-corrected chi connectivity index (χ0v) is 15.6. The molecule has 1 aliphatic heterocycles. The number of carbonyl (C=O) groups is 1. The SMILES string of the molecule is COC(=O)C[C@@H](CN1CCOCC1)Nc1ccc(S(N)(=O)=O)cc1[N+](=O)[O-]. The number of carbonyl (C=O) groups excluding carboxylic acids is 1. The lowest BCUT2D eigenvalue weighted by Crippen LogP contribution is -2.44. The summed E-state index contributed by atoms with van der Waals surface area (Å²) in [6.07, 6.45) is -0.0120. The Balaban J connectivity index is 2.26. The fraction of sp³-hybridized carbons (Fsp3) is 0.533. The number of nitrogens with two attached hydrogens (primary N) is 1. The van der Waals surface area contributed by atoms with Crippen LogP contribution in [0.4, 0.5) is 11.4 Å². The Morgan fingerprint density at radius 1 is 1.44 bits per heavy atom. The van der Waals surface area contributed by atoms with Crippen LogP contribution in [0.1, 0.15) is 6.42 Å². The maximum absolute atomic E-state index is 11.7. The van der Waals surface area contributed by atoms with E-state index >= 15 is 0 Å². The van der Waals surface area contributed by atoms with E-state index in [1.54, 1.807) is 0 Å². The molecule has 0 saturated carbocycles. The van der Waals surface area contributed by atoms with E-state index in [0.29, 0.717) is 32.8 Å². The quantitative estimate of drug-likeness (QED) is 0.345. The summed E-state index contributed by atoms with van der Waals surface area (Å²) in [5.41, 5.74) is -0.354. The minimum Gasteiger partial charge on any atom is -0.469 e. The van der Waals surface area contributed by atoms with Crippen molar-refractivity contribution in [1.82, 2.24) is 4.90 Å². The number of sulfonamides is 1. The van der Waals surface area contributed by atoms with Crippen molar-refractivity contribution in [2.75, 3.05) is 45.3 Å². The number of nitrogens with zero attached hydrogens (tertiary/aromatic N) is 2. The van der Waals surface area contributed by atoms with Gasteiger partial charge in [0.25, 0.3) is 5.69 Å². The molecular formula is C15H22N4O7S. The molecule has 1 aromatic rings. The van der Waals surface area contributed by atoms with Gasteiger partial charge >= 0.3 is 5.97 Å². The molecule has 3 N–H and O–H groups in total. The van der Waals surface area contributed by atoms with E-state index in [0.717, 1.165) is 6.07 Å². The number of rotatable bonds is 8. The smallest absolute Gasteiger partial charge is 0.307 e. The predicted molar refractivity (Wildman–Crippen MR) is 95.8 cm³/mol. The molecule has 0 aliphatic carbocycles. The number of benzene rings is 1. The molecule has 1 atom stereocenters. The van der Waals surface area contributed by atoms with Crippen molar-refractivity contribution in [3.05, 3.63) is 28.3 Å². The van der Waals surface area contributed by atoms with Crippen LogP contribution in [0.3, 0.4) is 0 Å². The van der Waals surface area contributed by atoms with Crippen molar-refractivity contribution >= 4 is 27.4 Å². The number of nitro groups is 1. The molecule has 0 spiro atoms. The van der Waals surface area contributed by atoms with Gasteiger partial charge in [0.15, 0.2) is 0 Å². The molecule has 0 unspecified atom stereocenters. The Morgan fingerprint density at radius 3 is 2.67 bits per heavy atom. The van der Waals surface area contributed by atoms with Gasteiger partial charge in [-0.15, -0.1) is 0 Å². The van der Waals surface area contributed by atoms with Gasteiger partial charge in [-0.2, -0.15) is 0 Å². The standard InChI is InChI=1S/C15H22N4O7S/c1-25-15(20)8-11(10-18-4-6-26-7-5-18)17-13-3-2-12(27(16,23)24)9-14(13)19(21)22/h2-3,9,11,17H,4-8,10H2,1H3,(H2,16,23,24)/t11-/m0/s1. The van der Waals surface area contributed by atoms with Crippen molar-refractivity contribution in [1.29, 1.82) is 0 Å². The zero-order chi connectivity index (χ0) is 20.0. The van der Waals surface area contributed by atoms with Gasteiger partial charge in [0, 0.05) is 31.7 Å². The number of morpholine rings is 1. The number of methoxy groups -OCH3 is 1. The first-order chi connectivity index (χ1) is 12.7. The third-order valence-corrected chi connectivity index (χ3v) is 4.99. The molecule has 1 aliphatic rings. The molecular weight excluding hydrogens is 380 g/mol. The molecule has 1 saturated heterocycles. The van der Waals surface area contributed by atoms with Crippen LogP contribution in [0.25, 0.3) is 0 Å². The van der Waals surface area contributed by atoms with E-state index in [1.807, 2.05) is 0 Å². The van der Waals surface area contributed by atoms with Crippen molar-refractivity contribution < 1.29 is 27.6 Å². The first-order valence-corrected chi connectivity index (χ1v) is 9.70. The van der Waals surface area contributed by atoms with Gasteiger partial charge in [0.05, 0.1) is 36.6 Å². The molecule has 0 aromatic heterocycles. The number of nitro benzene ring substituents is 1. The number of hydrogen-bond donors (Lipinski definition) is 2. The number of primary sulfonamides is 1. The molecule has 27 heavy (non-hydrogen) atoms. The number of anilines is 1. The van der Waals surface area contributed by atoms with Gasteiger partial charge in [-0.25, -0.2) is 13.6 Å². The van der Waals surface area contributed by atoms with Crippen molar-refractivity contribution in [3.8, 4) is 0 Å². The Kier molecular flexibility index (Phi) is 7.07. The van der Waals surface area contributed by atoms with Crippen molar-refractivity contribution in [3.63, 3.8) is 0 Å². The van der Waals surface area contributed by atoms with Crippen molar-refractivity contribution in [2.24, 2.45) is 5.14 Å². The summed E-state index contributed by atoms with van der Waals surface area (Å²) in [6.45, 7) is 2.91. The Bertz CT molecular complexity index is 793. The van der Waals surface area contributed by atoms with Crippen LogP contribution in [-0.2, 0) is 24.3 Å². The molecule has 12 heteroatoms. The summed E-state index contributed by atoms with van der Waals surface area (Å²) < 4.78 is 32.9. The highest BCUT2D eigenvalue weighted by Gasteiger charge is 2.24. The minimum atomic E-state index is -4.08. The summed E-state index contributed by atoms with van der Waals surface area (Å²) in [6, 6.07) is 2.85. The molecule has 1 aromatic carbocycles. The third-order valence-electron chi connectivity index (χ3n) is 4.08. The second-order valence-electron chi connectivity index (χ2n) is 6.02. The van der Waals surface area contributed by atoms with Crippen LogP contribution in [0.15, 0.2) is 23.1 Å². The zero-order valence-electron chi connectivity index (χ0n) is 14.8. The fourth-order valence-corrected chi connectivity index (χ4v) is 3.26. The van der Waals surface area contributed by atoms with Crippen LogP contribution in [0.5, 0.6) is 0 Å². The summed E-state index contributed by atoms with van der Waals surface area (Å²) in [5, 5.41) is 19.4. The molecule has 0 radical (unpaired) electrons. The van der Waals surface area contributed by atoms with Crippen LogP contribution < -0.4 is 10.5 Å². The predicted octanol–water partition coefficient (Wildman–Crippen LogP) is -0.0820. The van der Waals surface area contributed by atoms with E-state index in [2.05, 4.69) is 10.2 Å². The Hall–Kier alpha value is -2.28. The molecule has 0 bridgehead atoms. The third kappa shape index (κ3) is 6.13. The Labute approximate surface area is 156 Å². The summed E-state index contributed by atoms with van der Waals surface area (Å²) in [5.74, 6) is -0.468.